The summed E-state index contributed by atoms with van der Waals surface area (Å²) in [6.45, 7) is 2.08. The molecule has 2 aromatic carbocycles. The lowest BCUT2D eigenvalue weighted by atomic mass is 9.99. The van der Waals surface area contributed by atoms with Gasteiger partial charge in [0, 0.05) is 5.56 Å². The number of hydrogen-bond acceptors (Lipinski definition) is 2. The highest BCUT2D eigenvalue weighted by Gasteiger charge is 2.11. The molecule has 22 heavy (non-hydrogen) atoms. The van der Waals surface area contributed by atoms with Gasteiger partial charge in [-0.15, -0.1) is 0 Å². The Hall–Kier alpha value is -1.90. The average Bonchev–Trinajstić information content (AvgIpc) is 2.52. The van der Waals surface area contributed by atoms with E-state index in [-0.39, 0.29) is 11.4 Å². The number of hydrogen-bond donors (Lipinski definition) is 0. The Morgan fingerprint density at radius 3 is 2.41 bits per heavy atom. The second kappa shape index (κ2) is 7.92. The number of unbranched alkanes of at least 4 members (excludes halogenated alkanes) is 2. The minimum absolute atomic E-state index is 0.259. The molecule has 0 atom stereocenters. The predicted molar refractivity (Wildman–Crippen MR) is 89.7 cm³/mol. The van der Waals surface area contributed by atoms with Crippen molar-refractivity contribution in [2.24, 2.45) is 4.99 Å². The molecule has 114 valence electrons. The lowest BCUT2D eigenvalue weighted by molar-refractivity contribution is 0.579. The van der Waals surface area contributed by atoms with Gasteiger partial charge in [0.1, 0.15) is 11.6 Å². The molecule has 4 heteroatoms. The van der Waals surface area contributed by atoms with E-state index >= 15 is 0 Å². The van der Waals surface area contributed by atoms with Gasteiger partial charge in [0.2, 0.25) is 0 Å². The van der Waals surface area contributed by atoms with Crippen molar-refractivity contribution in [2.45, 2.75) is 32.6 Å². The first-order valence-electron chi connectivity index (χ1n) is 7.32. The monoisotopic (exact) mass is 317 g/mol. The van der Waals surface area contributed by atoms with Gasteiger partial charge in [-0.1, -0.05) is 31.9 Å². The van der Waals surface area contributed by atoms with Crippen LogP contribution in [-0.2, 0) is 6.42 Å². The Labute approximate surface area is 134 Å². The molecule has 2 rings (SSSR count). The normalized spacial score (nSPS) is 10.3. The third-order valence-corrected chi connectivity index (χ3v) is 3.63. The summed E-state index contributed by atoms with van der Waals surface area (Å²) in [7, 11) is 0. The van der Waals surface area contributed by atoms with Crippen LogP contribution in [0.1, 0.15) is 31.7 Å². The van der Waals surface area contributed by atoms with E-state index in [1.165, 1.54) is 12.1 Å². The number of halogens is 2. The first kappa shape index (κ1) is 16.5. The lowest BCUT2D eigenvalue weighted by Gasteiger charge is -2.08. The molecule has 0 aliphatic carbocycles. The molecule has 0 amide bonds. The Balaban J connectivity index is 2.28. The van der Waals surface area contributed by atoms with E-state index in [0.717, 1.165) is 19.3 Å². The molecule has 1 nitrogen and oxygen atoms in total. The Morgan fingerprint density at radius 2 is 1.77 bits per heavy atom. The fraction of sp³-hybridized carbons (Fsp3) is 0.278. The molecule has 0 fully saturated rings. The third kappa shape index (κ3) is 4.06. The summed E-state index contributed by atoms with van der Waals surface area (Å²) in [6.07, 6.45) is 3.51. The first-order valence-corrected chi connectivity index (χ1v) is 7.72. The van der Waals surface area contributed by atoms with Crippen LogP contribution in [-0.4, -0.2) is 5.16 Å². The van der Waals surface area contributed by atoms with Crippen molar-refractivity contribution in [3.05, 3.63) is 53.6 Å². The fourth-order valence-electron chi connectivity index (χ4n) is 2.33. The van der Waals surface area contributed by atoms with E-state index in [1.54, 1.807) is 24.3 Å². The number of benzene rings is 2. The van der Waals surface area contributed by atoms with Gasteiger partial charge in [0.05, 0.1) is 10.8 Å². The maximum Gasteiger partial charge on any atom is 0.131 e. The second-order valence-electron chi connectivity index (χ2n) is 5.13. The highest BCUT2D eigenvalue weighted by molar-refractivity contribution is 7.78. The van der Waals surface area contributed by atoms with Crippen molar-refractivity contribution in [1.82, 2.24) is 0 Å². The van der Waals surface area contributed by atoms with Crippen LogP contribution in [0, 0.1) is 11.6 Å². The molecule has 0 aliphatic heterocycles. The molecule has 0 radical (unpaired) electrons. The maximum absolute atomic E-state index is 14.3. The molecule has 0 saturated heterocycles. The summed E-state index contributed by atoms with van der Waals surface area (Å²) >= 11 is 4.53. The van der Waals surface area contributed by atoms with Gasteiger partial charge >= 0.3 is 0 Å². The van der Waals surface area contributed by atoms with E-state index in [4.69, 9.17) is 0 Å². The fourth-order valence-corrected chi connectivity index (χ4v) is 2.44. The van der Waals surface area contributed by atoms with Crippen molar-refractivity contribution in [3.8, 4) is 11.1 Å². The predicted octanol–water partition coefficient (Wildman–Crippen LogP) is 6.10. The van der Waals surface area contributed by atoms with Crippen LogP contribution in [0.2, 0.25) is 0 Å². The van der Waals surface area contributed by atoms with Crippen molar-refractivity contribution in [1.29, 1.82) is 0 Å². The maximum atomic E-state index is 14.3. The highest BCUT2D eigenvalue weighted by atomic mass is 32.1. The Bertz CT molecular complexity index is 689. The van der Waals surface area contributed by atoms with E-state index in [1.807, 2.05) is 0 Å². The van der Waals surface area contributed by atoms with Crippen molar-refractivity contribution < 1.29 is 8.78 Å². The zero-order valence-corrected chi connectivity index (χ0v) is 13.2. The van der Waals surface area contributed by atoms with Crippen LogP contribution >= 0.6 is 12.2 Å². The number of rotatable bonds is 6. The molecule has 0 bridgehead atoms. The van der Waals surface area contributed by atoms with Gasteiger partial charge in [0.15, 0.2) is 0 Å². The van der Waals surface area contributed by atoms with Crippen molar-refractivity contribution in [2.75, 3.05) is 0 Å². The summed E-state index contributed by atoms with van der Waals surface area (Å²) in [5.41, 5.74) is 1.95. The summed E-state index contributed by atoms with van der Waals surface area (Å²) < 4.78 is 28.4. The van der Waals surface area contributed by atoms with Gasteiger partial charge in [0.25, 0.3) is 0 Å². The molecule has 2 aromatic rings. The molecular weight excluding hydrogens is 300 g/mol. The molecule has 0 spiro atoms. The van der Waals surface area contributed by atoms with Crippen LogP contribution in [0.25, 0.3) is 11.1 Å². The molecule has 0 aromatic heterocycles. The summed E-state index contributed by atoms with van der Waals surface area (Å²) in [4.78, 5) is 3.83. The zero-order valence-electron chi connectivity index (χ0n) is 12.4. The van der Waals surface area contributed by atoms with Crippen LogP contribution in [0.15, 0.2) is 41.4 Å². The van der Waals surface area contributed by atoms with Gasteiger partial charge in [-0.2, -0.15) is 4.99 Å². The number of aryl methyl sites for hydroxylation is 1. The van der Waals surface area contributed by atoms with E-state index in [9.17, 15) is 8.78 Å². The quantitative estimate of drug-likeness (QED) is 0.356. The summed E-state index contributed by atoms with van der Waals surface area (Å²) in [5.74, 6) is -0.757. The molecule has 0 unspecified atom stereocenters. The van der Waals surface area contributed by atoms with Crippen LogP contribution in [0.3, 0.4) is 0 Å². The lowest BCUT2D eigenvalue weighted by Crippen LogP contribution is -1.95. The van der Waals surface area contributed by atoms with Crippen molar-refractivity contribution >= 4 is 23.1 Å². The SMILES string of the molecule is CCCCCc1cc(F)c(-c2ccc(N=C=S)cc2)cc1F. The largest absolute Gasteiger partial charge is 0.207 e. The average molecular weight is 317 g/mol. The molecular formula is C18H17F2NS. The van der Waals surface area contributed by atoms with Crippen LogP contribution in [0.5, 0.6) is 0 Å². The van der Waals surface area contributed by atoms with Gasteiger partial charge in [-0.05, 0) is 60.5 Å². The molecule has 0 aliphatic rings. The van der Waals surface area contributed by atoms with Gasteiger partial charge < -0.3 is 0 Å². The van der Waals surface area contributed by atoms with E-state index in [0.29, 0.717) is 23.2 Å². The first-order chi connectivity index (χ1) is 10.7. The third-order valence-electron chi connectivity index (χ3n) is 3.54. The number of isothiocyanates is 1. The summed E-state index contributed by atoms with van der Waals surface area (Å²) in [6, 6.07) is 9.36. The number of nitrogens with zero attached hydrogens (tertiary/aromatic N) is 1. The second-order valence-corrected chi connectivity index (χ2v) is 5.31. The van der Waals surface area contributed by atoms with Gasteiger partial charge in [-0.25, -0.2) is 8.78 Å². The summed E-state index contributed by atoms with van der Waals surface area (Å²) in [5, 5.41) is 2.27. The highest BCUT2D eigenvalue weighted by Crippen LogP contribution is 2.28. The van der Waals surface area contributed by atoms with Crippen LogP contribution < -0.4 is 0 Å². The Morgan fingerprint density at radius 1 is 1.05 bits per heavy atom. The topological polar surface area (TPSA) is 12.4 Å². The Kier molecular flexibility index (Phi) is 5.93. The molecule has 0 heterocycles. The smallest absolute Gasteiger partial charge is 0.131 e. The van der Waals surface area contributed by atoms with Crippen LogP contribution in [0.4, 0.5) is 14.5 Å². The molecule has 0 saturated carbocycles. The number of thiocarbonyl (C=S) groups is 1. The molecule has 0 N–H and O–H groups in total. The minimum atomic E-state index is -0.404. The minimum Gasteiger partial charge on any atom is -0.207 e. The van der Waals surface area contributed by atoms with E-state index in [2.05, 4.69) is 29.3 Å². The van der Waals surface area contributed by atoms with Gasteiger partial charge in [-0.3, -0.25) is 0 Å². The number of aliphatic imine (C=N–C) groups is 1. The zero-order chi connectivity index (χ0) is 15.9. The standard InChI is InChI=1S/C18H17F2NS/c1-2-3-4-5-14-10-18(20)16(11-17(14)19)13-6-8-15(9-7-13)21-12-22/h6-11H,2-5H2,1H3. The van der Waals surface area contributed by atoms with Crippen molar-refractivity contribution in [3.63, 3.8) is 0 Å². The van der Waals surface area contributed by atoms with E-state index < -0.39 is 5.82 Å².